The summed E-state index contributed by atoms with van der Waals surface area (Å²) in [5, 5.41) is -1.76. The van der Waals surface area contributed by atoms with Gasteiger partial charge in [-0.2, -0.15) is 0 Å². The van der Waals surface area contributed by atoms with Crippen LogP contribution in [0.5, 0.6) is 0 Å². The van der Waals surface area contributed by atoms with Crippen molar-refractivity contribution in [3.8, 4) is 0 Å². The number of rotatable bonds is 10. The topological polar surface area (TPSA) is 52.6 Å². The Morgan fingerprint density at radius 3 is 1.21 bits per heavy atom. The molecule has 2 aliphatic rings. The van der Waals surface area contributed by atoms with Gasteiger partial charge in [0.2, 0.25) is 0 Å². The Morgan fingerprint density at radius 1 is 0.735 bits per heavy atom. The van der Waals surface area contributed by atoms with E-state index in [0.717, 1.165) is 25.7 Å². The fraction of sp³-hybridized carbons (Fsp3) is 0.917. The summed E-state index contributed by atoms with van der Waals surface area (Å²) in [5.74, 6) is 0.00619. The first-order valence-electron chi connectivity index (χ1n) is 12.1. The molecule has 0 aromatic rings. The van der Waals surface area contributed by atoms with Crippen LogP contribution in [0.1, 0.15) is 81.1 Å². The molecule has 0 aromatic carbocycles. The van der Waals surface area contributed by atoms with Crippen molar-refractivity contribution in [3.63, 3.8) is 0 Å². The van der Waals surface area contributed by atoms with E-state index in [-0.39, 0.29) is 48.0 Å². The quantitative estimate of drug-likeness (QED) is 0.127. The Kier molecular flexibility index (Phi) is 10.1. The minimum atomic E-state index is -4.21. The smallest absolute Gasteiger partial charge is 0.430 e. The van der Waals surface area contributed by atoms with Crippen molar-refractivity contribution in [2.24, 2.45) is 22.7 Å². The fourth-order valence-corrected chi connectivity index (χ4v) is 8.30. The van der Waals surface area contributed by atoms with E-state index in [9.17, 15) is 26.0 Å². The molecular formula is C24H44F4O4Si2. The minimum absolute atomic E-state index is 0.00309. The maximum atomic E-state index is 14.1. The molecular weight excluding hydrogens is 484 g/mol. The van der Waals surface area contributed by atoms with E-state index < -0.39 is 27.6 Å². The Balaban J connectivity index is 0.000000340. The second-order valence-corrected chi connectivity index (χ2v) is 19.5. The average Bonchev–Trinajstić information content (AvgIpc) is 2.69. The minimum Gasteiger partial charge on any atom is -0.467 e. The molecule has 0 aromatic heterocycles. The molecule has 0 bridgehead atoms. The number of hydrogen-bond donors (Lipinski definition) is 0. The van der Waals surface area contributed by atoms with Gasteiger partial charge in [-0.3, -0.25) is 26.0 Å². The molecule has 200 valence electrons. The Labute approximate surface area is 205 Å². The summed E-state index contributed by atoms with van der Waals surface area (Å²) in [6.07, 6.45) is 3.41. The summed E-state index contributed by atoms with van der Waals surface area (Å²) >= 11 is 0. The summed E-state index contributed by atoms with van der Waals surface area (Å²) < 4.78 is 65.9. The largest absolute Gasteiger partial charge is 0.467 e. The van der Waals surface area contributed by atoms with Gasteiger partial charge in [0.1, 0.15) is 0 Å². The van der Waals surface area contributed by atoms with E-state index in [4.69, 9.17) is 9.47 Å². The van der Waals surface area contributed by atoms with Crippen molar-refractivity contribution in [3.05, 3.63) is 0 Å². The molecule has 2 rings (SSSR count). The number of halogens is 4. The van der Waals surface area contributed by atoms with Gasteiger partial charge in [-0.25, -0.2) is 0 Å². The number of hydrogen-bond acceptors (Lipinski definition) is 4. The van der Waals surface area contributed by atoms with Crippen molar-refractivity contribution in [1.82, 2.24) is 0 Å². The van der Waals surface area contributed by atoms with E-state index in [2.05, 4.69) is 0 Å². The first kappa shape index (κ1) is 31.1. The van der Waals surface area contributed by atoms with Crippen LogP contribution in [-0.2, 0) is 19.1 Å². The molecule has 4 atom stereocenters. The monoisotopic (exact) mass is 528 g/mol. The molecule has 2 fully saturated rings. The third-order valence-electron chi connectivity index (χ3n) is 8.26. The summed E-state index contributed by atoms with van der Waals surface area (Å²) in [6.45, 7) is 15.0. The zero-order chi connectivity index (χ0) is 26.6. The van der Waals surface area contributed by atoms with Crippen LogP contribution in [-0.4, -0.2) is 43.6 Å². The van der Waals surface area contributed by atoms with Crippen LogP contribution in [0.15, 0.2) is 0 Å². The van der Waals surface area contributed by atoms with Crippen molar-refractivity contribution in [2.45, 2.75) is 103 Å². The molecule has 34 heavy (non-hydrogen) atoms. The molecule has 2 saturated carbocycles. The lowest BCUT2D eigenvalue weighted by molar-refractivity contribution is -0.136. The number of ether oxygens (including phenoxy) is 2. The first-order valence-corrected chi connectivity index (χ1v) is 16.0. The van der Waals surface area contributed by atoms with E-state index in [1.807, 2.05) is 13.8 Å². The average molecular weight is 529 g/mol. The van der Waals surface area contributed by atoms with Gasteiger partial charge in [0.25, 0.3) is 12.9 Å². The van der Waals surface area contributed by atoms with E-state index in [1.165, 1.54) is 0 Å². The Hall–Kier alpha value is -0.906. The van der Waals surface area contributed by atoms with Gasteiger partial charge >= 0.3 is 17.5 Å². The van der Waals surface area contributed by atoms with E-state index in [0.29, 0.717) is 12.9 Å². The third-order valence-corrected chi connectivity index (χ3v) is 14.7. The Morgan fingerprint density at radius 2 is 1.03 bits per heavy atom. The molecule has 0 N–H and O–H groups in total. The predicted molar refractivity (Wildman–Crippen MR) is 131 cm³/mol. The predicted octanol–water partition coefficient (Wildman–Crippen LogP) is 7.51. The van der Waals surface area contributed by atoms with Crippen LogP contribution in [0.3, 0.4) is 0 Å². The third kappa shape index (κ3) is 7.54. The standard InChI is InChI=1S/2C12H22F2O2Si/c2*1-11(2,3)17(13,14)7-10-5-6-12(10,4)8-16-9-15/h2*9-10H,5-8H2,1-4H3/t2*10-,12-/m10/s1. The lowest BCUT2D eigenvalue weighted by atomic mass is 9.62. The van der Waals surface area contributed by atoms with E-state index >= 15 is 0 Å². The van der Waals surface area contributed by atoms with Crippen molar-refractivity contribution in [2.75, 3.05) is 13.2 Å². The summed E-state index contributed by atoms with van der Waals surface area (Å²) in [6, 6.07) is 0.0461. The summed E-state index contributed by atoms with van der Waals surface area (Å²) in [5.41, 5.74) is -0.467. The second-order valence-electron chi connectivity index (χ2n) is 12.9. The summed E-state index contributed by atoms with van der Waals surface area (Å²) in [7, 11) is -8.42. The normalized spacial score (nSPS) is 29.6. The van der Waals surface area contributed by atoms with E-state index in [1.54, 1.807) is 41.5 Å². The van der Waals surface area contributed by atoms with Crippen LogP contribution in [0.2, 0.25) is 22.2 Å². The maximum Gasteiger partial charge on any atom is 0.430 e. The van der Waals surface area contributed by atoms with Gasteiger partial charge in [0.15, 0.2) is 0 Å². The molecule has 10 heteroatoms. The first-order chi connectivity index (χ1) is 15.2. The fourth-order valence-electron chi connectivity index (χ4n) is 4.44. The molecule has 0 amide bonds. The van der Waals surface area contributed by atoms with Gasteiger partial charge in [-0.05, 0) is 37.5 Å². The molecule has 0 unspecified atom stereocenters. The SMILES string of the molecule is CC(C)(C)[Si](F)(F)C[C@@H]1CC[C@@]1(C)COC=O.CC(C)(C)[Si](F)(F)C[C@H]1CC[C@]1(C)COC=O. The van der Waals surface area contributed by atoms with Crippen LogP contribution in [0, 0.1) is 22.7 Å². The lowest BCUT2D eigenvalue weighted by Gasteiger charge is -2.48. The maximum absolute atomic E-state index is 14.1. The summed E-state index contributed by atoms with van der Waals surface area (Å²) in [4.78, 5) is 20.4. The highest BCUT2D eigenvalue weighted by atomic mass is 28.4. The Bertz CT molecular complexity index is 635. The molecule has 0 aliphatic heterocycles. The number of carbonyl (C=O) groups excluding carboxylic acids is 2. The molecule has 2 aliphatic carbocycles. The molecule has 0 spiro atoms. The zero-order valence-electron chi connectivity index (χ0n) is 22.1. The van der Waals surface area contributed by atoms with Gasteiger partial charge in [0.05, 0.1) is 13.2 Å². The van der Waals surface area contributed by atoms with Crippen LogP contribution in [0.25, 0.3) is 0 Å². The van der Waals surface area contributed by atoms with Crippen molar-refractivity contribution < 1.29 is 35.5 Å². The molecule has 0 radical (unpaired) electrons. The van der Waals surface area contributed by atoms with Gasteiger partial charge in [0, 0.05) is 33.0 Å². The van der Waals surface area contributed by atoms with Gasteiger partial charge in [-0.15, -0.1) is 0 Å². The van der Waals surface area contributed by atoms with Gasteiger partial charge < -0.3 is 9.47 Å². The number of carbonyl (C=O) groups is 2. The highest BCUT2D eigenvalue weighted by Gasteiger charge is 2.56. The van der Waals surface area contributed by atoms with Gasteiger partial charge in [-0.1, -0.05) is 55.4 Å². The molecule has 0 heterocycles. The zero-order valence-corrected chi connectivity index (χ0v) is 24.1. The van der Waals surface area contributed by atoms with Crippen LogP contribution >= 0.6 is 0 Å². The van der Waals surface area contributed by atoms with Crippen LogP contribution in [0.4, 0.5) is 16.4 Å². The highest BCUT2D eigenvalue weighted by molar-refractivity contribution is 6.69. The van der Waals surface area contributed by atoms with Crippen LogP contribution < -0.4 is 0 Å². The second kappa shape index (κ2) is 11.0. The molecule has 0 saturated heterocycles. The lowest BCUT2D eigenvalue weighted by Crippen LogP contribution is -2.47. The highest BCUT2D eigenvalue weighted by Crippen LogP contribution is 2.55. The van der Waals surface area contributed by atoms with Crippen molar-refractivity contribution >= 4 is 30.4 Å². The molecule has 4 nitrogen and oxygen atoms in total. The van der Waals surface area contributed by atoms with Crippen molar-refractivity contribution in [1.29, 1.82) is 0 Å².